The van der Waals surface area contributed by atoms with E-state index >= 15 is 0 Å². The molecular weight excluding hydrogens is 248 g/mol. The Balaban J connectivity index is 1.92. The zero-order chi connectivity index (χ0) is 14.2. The van der Waals surface area contributed by atoms with E-state index in [4.69, 9.17) is 0 Å². The summed E-state index contributed by atoms with van der Waals surface area (Å²) in [6.45, 7) is 2.00. The Morgan fingerprint density at radius 2 is 1.95 bits per heavy atom. The van der Waals surface area contributed by atoms with Gasteiger partial charge in [0.25, 0.3) is 0 Å². The largest absolute Gasteiger partial charge is 0.385 e. The molecule has 20 heavy (non-hydrogen) atoms. The highest BCUT2D eigenvalue weighted by molar-refractivity contribution is 5.79. The Bertz CT molecular complexity index is 615. The van der Waals surface area contributed by atoms with E-state index in [9.17, 15) is 5.11 Å². The predicted octanol–water partition coefficient (Wildman–Crippen LogP) is 2.89. The van der Waals surface area contributed by atoms with Crippen molar-refractivity contribution in [1.82, 2.24) is 10.3 Å². The zero-order valence-corrected chi connectivity index (χ0v) is 12.2. The SMILES string of the molecule is CNC1CCC(O)(c2ccc3nc(C)ccc3c2)CC1. The number of aromatic nitrogens is 1. The van der Waals surface area contributed by atoms with Crippen molar-refractivity contribution in [3.8, 4) is 0 Å². The van der Waals surface area contributed by atoms with Crippen LogP contribution in [0.25, 0.3) is 10.9 Å². The van der Waals surface area contributed by atoms with E-state index in [0.717, 1.165) is 47.8 Å². The summed E-state index contributed by atoms with van der Waals surface area (Å²) in [5.41, 5.74) is 2.39. The molecule has 1 aromatic carbocycles. The average molecular weight is 270 g/mol. The van der Waals surface area contributed by atoms with Crippen molar-refractivity contribution in [3.63, 3.8) is 0 Å². The lowest BCUT2D eigenvalue weighted by Crippen LogP contribution is -2.38. The van der Waals surface area contributed by atoms with Gasteiger partial charge in [-0.05, 0) is 63.4 Å². The number of rotatable bonds is 2. The number of hydrogen-bond acceptors (Lipinski definition) is 3. The molecule has 1 saturated carbocycles. The van der Waals surface area contributed by atoms with Gasteiger partial charge in [-0.25, -0.2) is 0 Å². The molecule has 0 amide bonds. The summed E-state index contributed by atoms with van der Waals surface area (Å²) in [6.07, 6.45) is 3.70. The molecule has 0 atom stereocenters. The van der Waals surface area contributed by atoms with Crippen molar-refractivity contribution in [3.05, 3.63) is 41.6 Å². The van der Waals surface area contributed by atoms with E-state index in [-0.39, 0.29) is 0 Å². The number of nitrogens with zero attached hydrogens (tertiary/aromatic N) is 1. The van der Waals surface area contributed by atoms with Crippen LogP contribution in [0.4, 0.5) is 0 Å². The van der Waals surface area contributed by atoms with Crippen molar-refractivity contribution in [2.45, 2.75) is 44.2 Å². The summed E-state index contributed by atoms with van der Waals surface area (Å²) < 4.78 is 0. The van der Waals surface area contributed by atoms with Gasteiger partial charge in [0.15, 0.2) is 0 Å². The molecule has 106 valence electrons. The van der Waals surface area contributed by atoms with Gasteiger partial charge in [-0.3, -0.25) is 4.98 Å². The highest BCUT2D eigenvalue weighted by Crippen LogP contribution is 2.37. The second kappa shape index (κ2) is 5.15. The maximum Gasteiger partial charge on any atom is 0.0898 e. The first-order chi connectivity index (χ1) is 9.60. The van der Waals surface area contributed by atoms with Gasteiger partial charge in [-0.1, -0.05) is 12.1 Å². The fraction of sp³-hybridized carbons (Fsp3) is 0.471. The van der Waals surface area contributed by atoms with Gasteiger partial charge in [0.05, 0.1) is 11.1 Å². The van der Waals surface area contributed by atoms with Crippen LogP contribution in [-0.2, 0) is 5.60 Å². The van der Waals surface area contributed by atoms with Crippen molar-refractivity contribution in [1.29, 1.82) is 0 Å². The second-order valence-corrected chi connectivity index (χ2v) is 5.95. The minimum Gasteiger partial charge on any atom is -0.385 e. The molecule has 1 aromatic heterocycles. The highest BCUT2D eigenvalue weighted by Gasteiger charge is 2.34. The molecule has 0 aliphatic heterocycles. The van der Waals surface area contributed by atoms with Crippen molar-refractivity contribution < 1.29 is 5.11 Å². The van der Waals surface area contributed by atoms with E-state index in [1.54, 1.807) is 0 Å². The number of fused-ring (bicyclic) bond motifs is 1. The topological polar surface area (TPSA) is 45.1 Å². The van der Waals surface area contributed by atoms with Crippen molar-refractivity contribution in [2.75, 3.05) is 7.05 Å². The predicted molar refractivity (Wildman–Crippen MR) is 81.7 cm³/mol. The number of pyridine rings is 1. The smallest absolute Gasteiger partial charge is 0.0898 e. The Kier molecular flexibility index (Phi) is 3.48. The Morgan fingerprint density at radius 1 is 1.20 bits per heavy atom. The minimum absolute atomic E-state index is 0.542. The first-order valence-electron chi connectivity index (χ1n) is 7.38. The lowest BCUT2D eigenvalue weighted by atomic mass is 9.77. The number of hydrogen-bond donors (Lipinski definition) is 2. The molecule has 1 heterocycles. The molecule has 3 heteroatoms. The van der Waals surface area contributed by atoms with E-state index in [2.05, 4.69) is 22.4 Å². The first-order valence-corrected chi connectivity index (χ1v) is 7.38. The van der Waals surface area contributed by atoms with Crippen LogP contribution < -0.4 is 5.32 Å². The summed E-state index contributed by atoms with van der Waals surface area (Å²) in [6, 6.07) is 10.8. The van der Waals surface area contributed by atoms with E-state index in [1.165, 1.54) is 0 Å². The molecule has 1 aliphatic rings. The molecule has 0 bridgehead atoms. The van der Waals surface area contributed by atoms with Gasteiger partial charge in [0.1, 0.15) is 0 Å². The molecule has 2 N–H and O–H groups in total. The third kappa shape index (κ3) is 2.43. The summed E-state index contributed by atoms with van der Waals surface area (Å²) in [4.78, 5) is 4.52. The lowest BCUT2D eigenvalue weighted by molar-refractivity contribution is -0.00751. The molecule has 2 aromatic rings. The third-order valence-electron chi connectivity index (χ3n) is 4.59. The number of nitrogens with one attached hydrogen (secondary N) is 1. The molecule has 3 rings (SSSR count). The molecule has 0 radical (unpaired) electrons. The van der Waals surface area contributed by atoms with Crippen LogP contribution in [0, 0.1) is 6.92 Å². The molecule has 1 aliphatic carbocycles. The van der Waals surface area contributed by atoms with Gasteiger partial charge in [-0.2, -0.15) is 0 Å². The molecule has 0 unspecified atom stereocenters. The number of aryl methyl sites for hydroxylation is 1. The third-order valence-corrected chi connectivity index (χ3v) is 4.59. The van der Waals surface area contributed by atoms with Crippen LogP contribution in [0.3, 0.4) is 0 Å². The van der Waals surface area contributed by atoms with E-state index < -0.39 is 5.60 Å². The quantitative estimate of drug-likeness (QED) is 0.882. The maximum atomic E-state index is 10.9. The summed E-state index contributed by atoms with van der Waals surface area (Å²) in [5.74, 6) is 0. The fourth-order valence-corrected chi connectivity index (χ4v) is 3.19. The summed E-state index contributed by atoms with van der Waals surface area (Å²) >= 11 is 0. The van der Waals surface area contributed by atoms with Crippen LogP contribution in [0.15, 0.2) is 30.3 Å². The highest BCUT2D eigenvalue weighted by atomic mass is 16.3. The molecule has 0 saturated heterocycles. The normalized spacial score (nSPS) is 26.9. The molecule has 3 nitrogen and oxygen atoms in total. The van der Waals surface area contributed by atoms with Crippen LogP contribution in [0.1, 0.15) is 36.9 Å². The fourth-order valence-electron chi connectivity index (χ4n) is 3.19. The molecule has 0 spiro atoms. The van der Waals surface area contributed by atoms with Crippen molar-refractivity contribution in [2.24, 2.45) is 0 Å². The Morgan fingerprint density at radius 3 is 2.65 bits per heavy atom. The van der Waals surface area contributed by atoms with Crippen LogP contribution in [-0.4, -0.2) is 23.2 Å². The van der Waals surface area contributed by atoms with Crippen LogP contribution in [0.5, 0.6) is 0 Å². The van der Waals surface area contributed by atoms with Gasteiger partial charge in [-0.15, -0.1) is 0 Å². The zero-order valence-electron chi connectivity index (χ0n) is 12.2. The van der Waals surface area contributed by atoms with Crippen molar-refractivity contribution >= 4 is 10.9 Å². The maximum absolute atomic E-state index is 10.9. The molecular formula is C17H22N2O. The van der Waals surface area contributed by atoms with Crippen LogP contribution in [0.2, 0.25) is 0 Å². The van der Waals surface area contributed by atoms with Gasteiger partial charge < -0.3 is 10.4 Å². The number of benzene rings is 1. The number of aliphatic hydroxyl groups is 1. The monoisotopic (exact) mass is 270 g/mol. The first kappa shape index (κ1) is 13.5. The van der Waals surface area contributed by atoms with Gasteiger partial charge in [0, 0.05) is 17.1 Å². The molecule has 1 fully saturated rings. The van der Waals surface area contributed by atoms with Gasteiger partial charge in [0.2, 0.25) is 0 Å². The Hall–Kier alpha value is -1.45. The van der Waals surface area contributed by atoms with Crippen LogP contribution >= 0.6 is 0 Å². The standard InChI is InChI=1S/C17H22N2O/c1-12-3-4-13-11-14(5-6-16(13)19-12)17(20)9-7-15(18-2)8-10-17/h3-6,11,15,18,20H,7-10H2,1-2H3. The van der Waals surface area contributed by atoms with Gasteiger partial charge >= 0.3 is 0 Å². The lowest BCUT2D eigenvalue weighted by Gasteiger charge is -2.36. The minimum atomic E-state index is -0.674. The second-order valence-electron chi connectivity index (χ2n) is 5.95. The Labute approximate surface area is 120 Å². The van der Waals surface area contributed by atoms with E-state index in [0.29, 0.717) is 6.04 Å². The average Bonchev–Trinajstić information content (AvgIpc) is 2.47. The summed E-state index contributed by atoms with van der Waals surface area (Å²) in [7, 11) is 2.00. The summed E-state index contributed by atoms with van der Waals surface area (Å²) in [5, 5.41) is 15.3. The van der Waals surface area contributed by atoms with E-state index in [1.807, 2.05) is 32.2 Å².